The highest BCUT2D eigenvalue weighted by Gasteiger charge is 2.42. The van der Waals surface area contributed by atoms with E-state index in [1.54, 1.807) is 0 Å². The maximum Gasteiger partial charge on any atom is 0.321 e. The van der Waals surface area contributed by atoms with Crippen molar-refractivity contribution in [3.8, 4) is 0 Å². The molecule has 8 N–H and O–H groups in total. The van der Waals surface area contributed by atoms with Crippen molar-refractivity contribution in [1.82, 2.24) is 30.0 Å². The number of para-hydroxylation sites is 2. The van der Waals surface area contributed by atoms with Gasteiger partial charge in [-0.2, -0.15) is 4.99 Å². The molecule has 2 aromatic heterocycles. The number of carbonyl (C=O) groups is 1. The van der Waals surface area contributed by atoms with Crippen LogP contribution >= 0.6 is 0 Å². The van der Waals surface area contributed by atoms with E-state index in [9.17, 15) is 47.6 Å². The van der Waals surface area contributed by atoms with Crippen LogP contribution in [0.5, 0.6) is 0 Å². The van der Waals surface area contributed by atoms with Crippen LogP contribution in [0.1, 0.15) is 74.3 Å². The van der Waals surface area contributed by atoms with Crippen LogP contribution in [0.25, 0.3) is 21.8 Å². The topological polar surface area (TPSA) is 193 Å². The SMILES string of the molecule is O=C(Nc1cc(F)cc(F)c1)N1CCC(O)(C(O)CN2CCC(c3c[nH]c4ccccc34)CC2)CC1.O=C=Nc1cc(F)cc(F)c1.OC(CN1CCC(c2c[nH]c3ccccc23)CC1)C1(O)CCNCC1. The molecular formula is C54H64F4N8O6. The second kappa shape index (κ2) is 23.7. The molecule has 6 heterocycles. The Morgan fingerprint density at radius 1 is 0.653 bits per heavy atom. The van der Waals surface area contributed by atoms with Crippen LogP contribution in [0.3, 0.4) is 0 Å². The lowest BCUT2D eigenvalue weighted by molar-refractivity contribution is -0.113. The van der Waals surface area contributed by atoms with Gasteiger partial charge in [0, 0.05) is 90.3 Å². The van der Waals surface area contributed by atoms with Gasteiger partial charge >= 0.3 is 6.03 Å². The smallest absolute Gasteiger partial charge is 0.321 e. The van der Waals surface area contributed by atoms with Gasteiger partial charge in [-0.1, -0.05) is 36.4 Å². The van der Waals surface area contributed by atoms with Crippen molar-refractivity contribution in [2.75, 3.05) is 70.8 Å². The first-order valence-electron chi connectivity index (χ1n) is 24.8. The number of β-amino-alcohol motifs (C(OH)–C–C–N with tert-alkyl or cyclic N) is 2. The van der Waals surface area contributed by atoms with E-state index in [0.717, 1.165) is 101 Å². The van der Waals surface area contributed by atoms with E-state index >= 15 is 0 Å². The first kappa shape index (κ1) is 52.4. The number of piperidine rings is 4. The minimum Gasteiger partial charge on any atom is -0.389 e. The summed E-state index contributed by atoms with van der Waals surface area (Å²) < 4.78 is 51.4. The Labute approximate surface area is 415 Å². The molecule has 4 aliphatic heterocycles. The van der Waals surface area contributed by atoms with E-state index in [0.29, 0.717) is 43.8 Å². The molecular weight excluding hydrogens is 933 g/mol. The molecule has 4 aliphatic rings. The summed E-state index contributed by atoms with van der Waals surface area (Å²) in [6.07, 6.45) is 9.79. The molecule has 0 radical (unpaired) electrons. The molecule has 4 fully saturated rings. The van der Waals surface area contributed by atoms with Gasteiger partial charge in [0.2, 0.25) is 6.08 Å². The van der Waals surface area contributed by atoms with Crippen molar-refractivity contribution in [2.24, 2.45) is 4.99 Å². The zero-order valence-electron chi connectivity index (χ0n) is 40.2. The number of anilines is 1. The number of urea groups is 1. The summed E-state index contributed by atoms with van der Waals surface area (Å²) in [6, 6.07) is 21.7. The first-order valence-corrected chi connectivity index (χ1v) is 24.8. The number of nitrogens with one attached hydrogen (secondary N) is 4. The van der Waals surface area contributed by atoms with Gasteiger partial charge in [-0.15, -0.1) is 0 Å². The first-order chi connectivity index (χ1) is 34.7. The molecule has 0 spiro atoms. The second-order valence-corrected chi connectivity index (χ2v) is 19.6. The van der Waals surface area contributed by atoms with Gasteiger partial charge in [0.1, 0.15) is 23.3 Å². The third-order valence-corrected chi connectivity index (χ3v) is 14.9. The van der Waals surface area contributed by atoms with Gasteiger partial charge < -0.3 is 55.7 Å². The van der Waals surface area contributed by atoms with Gasteiger partial charge in [-0.05, 0) is 138 Å². The minimum atomic E-state index is -1.28. The summed E-state index contributed by atoms with van der Waals surface area (Å²) in [5.41, 5.74) is 2.89. The molecule has 14 nitrogen and oxygen atoms in total. The lowest BCUT2D eigenvalue weighted by Gasteiger charge is -2.43. The van der Waals surface area contributed by atoms with Crippen molar-refractivity contribution in [3.63, 3.8) is 0 Å². The number of isocyanates is 1. The van der Waals surface area contributed by atoms with Crippen LogP contribution in [0.2, 0.25) is 0 Å². The number of aliphatic hydroxyl groups is 4. The number of hydrogen-bond acceptors (Lipinski definition) is 10. The Hall–Kier alpha value is -5.95. The molecule has 4 saturated heterocycles. The molecule has 2 amide bonds. The number of aromatic nitrogens is 2. The number of likely N-dealkylation sites (tertiary alicyclic amines) is 3. The van der Waals surface area contributed by atoms with Crippen molar-refractivity contribution in [1.29, 1.82) is 0 Å². The lowest BCUT2D eigenvalue weighted by Crippen LogP contribution is -2.56. The standard InChI is InChI=1S/C27H32F2N4O3.C20H29N3O2.C7H3F2NO/c28-19-13-20(29)15-21(14-19)31-26(35)33-11-7-27(36,8-12-33)25(34)17-32-9-5-18(6-10-32)23-16-30-24-4-2-1-3-22(23)24;24-19(20(25)7-9-21-10-8-20)14-23-11-5-15(6-12-23)17-13-22-18-4-2-1-3-16(17)18;8-5-1-6(9)3-7(2-5)10-4-11/h1-4,13-16,18,25,30,34,36H,5-12,17H2,(H,31,35);1-4,13,15,19,21-22,24-25H,5-12,14H2;1-3H. The van der Waals surface area contributed by atoms with E-state index in [1.165, 1.54) is 38.4 Å². The molecule has 384 valence electrons. The number of rotatable bonds is 10. The molecule has 0 bridgehead atoms. The van der Waals surface area contributed by atoms with Crippen LogP contribution in [-0.4, -0.2) is 146 Å². The molecule has 72 heavy (non-hydrogen) atoms. The Morgan fingerprint density at radius 2 is 1.08 bits per heavy atom. The zero-order valence-corrected chi connectivity index (χ0v) is 40.2. The number of aromatic amines is 2. The number of benzene rings is 4. The van der Waals surface area contributed by atoms with Crippen LogP contribution < -0.4 is 10.6 Å². The average molecular weight is 997 g/mol. The Balaban J connectivity index is 0.000000166. The summed E-state index contributed by atoms with van der Waals surface area (Å²) >= 11 is 0. The normalized spacial score (nSPS) is 19.6. The fourth-order valence-electron chi connectivity index (χ4n) is 10.7. The van der Waals surface area contributed by atoms with Gasteiger partial charge in [0.25, 0.3) is 0 Å². The fourth-order valence-corrected chi connectivity index (χ4v) is 10.7. The van der Waals surface area contributed by atoms with Crippen LogP contribution in [0.15, 0.2) is 102 Å². The second-order valence-electron chi connectivity index (χ2n) is 19.6. The number of amides is 2. The summed E-state index contributed by atoms with van der Waals surface area (Å²) in [5, 5.41) is 51.6. The van der Waals surface area contributed by atoms with Crippen molar-refractivity contribution >= 4 is 45.3 Å². The molecule has 2 atom stereocenters. The van der Waals surface area contributed by atoms with E-state index in [1.807, 2.05) is 6.07 Å². The van der Waals surface area contributed by atoms with Gasteiger partial charge in [0.15, 0.2) is 0 Å². The summed E-state index contributed by atoms with van der Waals surface area (Å²) in [4.78, 5) is 38.0. The highest BCUT2D eigenvalue weighted by molar-refractivity contribution is 5.89. The maximum atomic E-state index is 13.4. The largest absolute Gasteiger partial charge is 0.389 e. The quantitative estimate of drug-likeness (QED) is 0.0384. The van der Waals surface area contributed by atoms with Crippen LogP contribution in [-0.2, 0) is 4.79 Å². The number of aliphatic imine (C=N–C) groups is 1. The number of halogens is 4. The number of hydrogen-bond donors (Lipinski definition) is 8. The van der Waals surface area contributed by atoms with E-state index in [-0.39, 0.29) is 37.3 Å². The molecule has 18 heteroatoms. The zero-order chi connectivity index (χ0) is 50.8. The summed E-state index contributed by atoms with van der Waals surface area (Å²) in [7, 11) is 0. The Bertz CT molecular complexity index is 2750. The summed E-state index contributed by atoms with van der Waals surface area (Å²) in [6.45, 7) is 6.66. The predicted octanol–water partition coefficient (Wildman–Crippen LogP) is 7.80. The van der Waals surface area contributed by atoms with Crippen molar-refractivity contribution in [2.45, 2.75) is 86.6 Å². The lowest BCUT2D eigenvalue weighted by atomic mass is 9.84. The third-order valence-electron chi connectivity index (χ3n) is 14.9. The Morgan fingerprint density at radius 3 is 1.54 bits per heavy atom. The monoisotopic (exact) mass is 996 g/mol. The number of nitrogens with zero attached hydrogens (tertiary/aromatic N) is 4. The average Bonchev–Trinajstić information content (AvgIpc) is 4.00. The van der Waals surface area contributed by atoms with Crippen LogP contribution in [0.4, 0.5) is 33.7 Å². The van der Waals surface area contributed by atoms with Gasteiger partial charge in [-0.3, -0.25) is 0 Å². The highest BCUT2D eigenvalue weighted by Crippen LogP contribution is 2.36. The fraction of sp³-hybridized carbons (Fsp3) is 0.444. The van der Waals surface area contributed by atoms with Gasteiger partial charge in [-0.25, -0.2) is 27.2 Å². The van der Waals surface area contributed by atoms with E-state index < -0.39 is 52.7 Å². The molecule has 10 rings (SSSR count). The maximum absolute atomic E-state index is 13.4. The van der Waals surface area contributed by atoms with E-state index in [2.05, 4.69) is 90.3 Å². The molecule has 6 aromatic rings. The predicted molar refractivity (Wildman–Crippen MR) is 268 cm³/mol. The Kier molecular flexibility index (Phi) is 17.3. The third kappa shape index (κ3) is 13.2. The molecule has 0 saturated carbocycles. The van der Waals surface area contributed by atoms with Crippen LogP contribution in [0, 0.1) is 23.3 Å². The van der Waals surface area contributed by atoms with Gasteiger partial charge in [0.05, 0.1) is 29.1 Å². The number of H-pyrrole nitrogens is 2. The highest BCUT2D eigenvalue weighted by atomic mass is 19.1. The van der Waals surface area contributed by atoms with Crippen molar-refractivity contribution in [3.05, 3.63) is 132 Å². The molecule has 2 unspecified atom stereocenters. The van der Waals surface area contributed by atoms with Crippen molar-refractivity contribution < 1.29 is 47.6 Å². The number of carbonyl (C=O) groups excluding carboxylic acids is 2. The van der Waals surface area contributed by atoms with E-state index in [4.69, 9.17) is 0 Å². The summed E-state index contributed by atoms with van der Waals surface area (Å²) in [5.74, 6) is -2.03. The molecule has 0 aliphatic carbocycles. The number of aliphatic hydroxyl groups excluding tert-OH is 2. The molecule has 4 aromatic carbocycles. The number of fused-ring (bicyclic) bond motifs is 2. The minimum absolute atomic E-state index is 0.0365.